The van der Waals surface area contributed by atoms with Gasteiger partial charge in [-0.3, -0.25) is 9.59 Å². The van der Waals surface area contributed by atoms with E-state index < -0.39 is 11.6 Å². The van der Waals surface area contributed by atoms with Crippen molar-refractivity contribution in [1.29, 1.82) is 0 Å². The Hall–Kier alpha value is -1.14. The summed E-state index contributed by atoms with van der Waals surface area (Å²) >= 11 is 0. The maximum Gasteiger partial charge on any atom is 0.242 e. The summed E-state index contributed by atoms with van der Waals surface area (Å²) in [5.74, 6) is -0.104. The average Bonchev–Trinajstić information content (AvgIpc) is 2.59. The average molecular weight is 241 g/mol. The fourth-order valence-corrected chi connectivity index (χ4v) is 2.48. The zero-order chi connectivity index (χ0) is 12.5. The molecule has 0 aliphatic carbocycles. The van der Waals surface area contributed by atoms with Crippen LogP contribution in [0.4, 0.5) is 0 Å². The smallest absolute Gasteiger partial charge is 0.242 e. The van der Waals surface area contributed by atoms with Crippen molar-refractivity contribution in [3.05, 3.63) is 0 Å². The molecule has 2 saturated heterocycles. The van der Waals surface area contributed by atoms with Crippen LogP contribution in [-0.2, 0) is 9.59 Å². The number of aliphatic hydroxyl groups excluding tert-OH is 1. The lowest BCUT2D eigenvalue weighted by atomic mass is 9.94. The third kappa shape index (κ3) is 2.42. The van der Waals surface area contributed by atoms with E-state index in [9.17, 15) is 14.7 Å². The molecule has 3 N–H and O–H groups in total. The lowest BCUT2D eigenvalue weighted by Crippen LogP contribution is -2.64. The standard InChI is InChI=1S/C11H19N3O3/c1-8(15)6-9(16)14-5-4-13-11(7-14)2-3-12-10(11)17/h8,13,15H,2-7H2,1H3,(H,12,17)/t8-,11?/m1/s1. The number of carbonyl (C=O) groups is 2. The Bertz CT molecular complexity index is 332. The minimum Gasteiger partial charge on any atom is -0.393 e. The van der Waals surface area contributed by atoms with E-state index in [1.165, 1.54) is 0 Å². The SMILES string of the molecule is C[C@@H](O)CC(=O)N1CCNC2(CCNC2=O)C1. The van der Waals surface area contributed by atoms with Crippen molar-refractivity contribution in [3.63, 3.8) is 0 Å². The Labute approximate surface area is 100 Å². The maximum atomic E-state index is 11.9. The molecule has 0 aromatic rings. The van der Waals surface area contributed by atoms with Gasteiger partial charge in [-0.1, -0.05) is 0 Å². The first-order chi connectivity index (χ1) is 8.03. The highest BCUT2D eigenvalue weighted by Crippen LogP contribution is 2.21. The van der Waals surface area contributed by atoms with Gasteiger partial charge in [-0.2, -0.15) is 0 Å². The number of hydrogen-bond acceptors (Lipinski definition) is 4. The van der Waals surface area contributed by atoms with Gasteiger partial charge in [0.15, 0.2) is 0 Å². The highest BCUT2D eigenvalue weighted by atomic mass is 16.3. The van der Waals surface area contributed by atoms with E-state index >= 15 is 0 Å². The van der Waals surface area contributed by atoms with Crippen molar-refractivity contribution in [2.45, 2.75) is 31.4 Å². The highest BCUT2D eigenvalue weighted by Gasteiger charge is 2.46. The predicted octanol–water partition coefficient (Wildman–Crippen LogP) is -1.55. The van der Waals surface area contributed by atoms with Crippen LogP contribution in [0.15, 0.2) is 0 Å². The summed E-state index contributed by atoms with van der Waals surface area (Å²) in [6.45, 7) is 3.88. The molecule has 1 spiro atoms. The first-order valence-corrected chi connectivity index (χ1v) is 6.03. The number of aliphatic hydroxyl groups is 1. The maximum absolute atomic E-state index is 11.9. The Morgan fingerprint density at radius 2 is 2.35 bits per heavy atom. The Kier molecular flexibility index (Phi) is 3.35. The van der Waals surface area contributed by atoms with Gasteiger partial charge in [0.2, 0.25) is 11.8 Å². The molecule has 2 aliphatic heterocycles. The zero-order valence-corrected chi connectivity index (χ0v) is 10.0. The van der Waals surface area contributed by atoms with E-state index in [4.69, 9.17) is 0 Å². The van der Waals surface area contributed by atoms with Crippen LogP contribution < -0.4 is 10.6 Å². The van der Waals surface area contributed by atoms with Crippen molar-refractivity contribution in [1.82, 2.24) is 15.5 Å². The van der Waals surface area contributed by atoms with Crippen LogP contribution in [0.1, 0.15) is 19.8 Å². The molecule has 17 heavy (non-hydrogen) atoms. The third-order valence-electron chi connectivity index (χ3n) is 3.40. The fraction of sp³-hybridized carbons (Fsp3) is 0.818. The number of piperazine rings is 1. The van der Waals surface area contributed by atoms with Gasteiger partial charge in [-0.15, -0.1) is 0 Å². The zero-order valence-electron chi connectivity index (χ0n) is 10.0. The molecule has 96 valence electrons. The highest BCUT2D eigenvalue weighted by molar-refractivity contribution is 5.90. The Morgan fingerprint density at radius 1 is 1.59 bits per heavy atom. The van der Waals surface area contributed by atoms with Gasteiger partial charge >= 0.3 is 0 Å². The molecule has 0 aromatic heterocycles. The second-order valence-corrected chi connectivity index (χ2v) is 4.88. The molecule has 2 amide bonds. The Balaban J connectivity index is 2.02. The van der Waals surface area contributed by atoms with E-state index in [0.29, 0.717) is 32.6 Å². The van der Waals surface area contributed by atoms with Gasteiger partial charge in [-0.05, 0) is 13.3 Å². The summed E-state index contributed by atoms with van der Waals surface area (Å²) in [4.78, 5) is 25.3. The van der Waals surface area contributed by atoms with Crippen molar-refractivity contribution >= 4 is 11.8 Å². The van der Waals surface area contributed by atoms with Crippen LogP contribution in [0.2, 0.25) is 0 Å². The van der Waals surface area contributed by atoms with Gasteiger partial charge in [0.1, 0.15) is 5.54 Å². The minimum atomic E-state index is -0.634. The van der Waals surface area contributed by atoms with Crippen LogP contribution in [0.3, 0.4) is 0 Å². The summed E-state index contributed by atoms with van der Waals surface area (Å²) in [6.07, 6.45) is 0.202. The molecule has 1 unspecified atom stereocenters. The number of amides is 2. The molecular weight excluding hydrogens is 222 g/mol. The molecule has 0 saturated carbocycles. The molecule has 6 nitrogen and oxygen atoms in total. The number of nitrogens with zero attached hydrogens (tertiary/aromatic N) is 1. The summed E-state index contributed by atoms with van der Waals surface area (Å²) in [7, 11) is 0. The van der Waals surface area contributed by atoms with E-state index in [0.717, 1.165) is 0 Å². The second kappa shape index (κ2) is 4.62. The predicted molar refractivity (Wildman–Crippen MR) is 61.2 cm³/mol. The molecule has 2 rings (SSSR count). The molecule has 2 atom stereocenters. The number of hydrogen-bond donors (Lipinski definition) is 3. The monoisotopic (exact) mass is 241 g/mol. The Morgan fingerprint density at radius 3 is 2.94 bits per heavy atom. The first-order valence-electron chi connectivity index (χ1n) is 6.03. The minimum absolute atomic E-state index is 0.0213. The largest absolute Gasteiger partial charge is 0.393 e. The molecule has 6 heteroatoms. The van der Waals surface area contributed by atoms with Crippen molar-refractivity contribution < 1.29 is 14.7 Å². The van der Waals surface area contributed by atoms with Crippen LogP contribution >= 0.6 is 0 Å². The number of nitrogens with one attached hydrogen (secondary N) is 2. The molecule has 2 heterocycles. The van der Waals surface area contributed by atoms with Crippen LogP contribution in [-0.4, -0.2) is 59.6 Å². The van der Waals surface area contributed by atoms with E-state index in [2.05, 4.69) is 10.6 Å². The van der Waals surface area contributed by atoms with Gasteiger partial charge in [-0.25, -0.2) is 0 Å². The molecule has 2 aliphatic rings. The van der Waals surface area contributed by atoms with E-state index in [1.54, 1.807) is 11.8 Å². The molecular formula is C11H19N3O3. The normalized spacial score (nSPS) is 30.5. The van der Waals surface area contributed by atoms with Crippen LogP contribution in [0.25, 0.3) is 0 Å². The van der Waals surface area contributed by atoms with Gasteiger partial charge in [0, 0.05) is 26.2 Å². The molecule has 0 radical (unpaired) electrons. The van der Waals surface area contributed by atoms with Crippen molar-refractivity contribution in [3.8, 4) is 0 Å². The summed E-state index contributed by atoms with van der Waals surface area (Å²) < 4.78 is 0. The topological polar surface area (TPSA) is 81.7 Å². The van der Waals surface area contributed by atoms with Gasteiger partial charge < -0.3 is 20.6 Å². The summed E-state index contributed by atoms with van der Waals surface area (Å²) in [5, 5.41) is 15.2. The summed E-state index contributed by atoms with van der Waals surface area (Å²) in [6, 6.07) is 0. The third-order valence-corrected chi connectivity index (χ3v) is 3.40. The number of carbonyl (C=O) groups excluding carboxylic acids is 2. The summed E-state index contributed by atoms with van der Waals surface area (Å²) in [5.41, 5.74) is -0.605. The van der Waals surface area contributed by atoms with Crippen molar-refractivity contribution in [2.75, 3.05) is 26.2 Å². The lowest BCUT2D eigenvalue weighted by Gasteiger charge is -2.39. The van der Waals surface area contributed by atoms with E-state index in [1.807, 2.05) is 0 Å². The fourth-order valence-electron chi connectivity index (χ4n) is 2.48. The molecule has 0 aromatic carbocycles. The van der Waals surface area contributed by atoms with Gasteiger partial charge in [0.05, 0.1) is 12.5 Å². The van der Waals surface area contributed by atoms with E-state index in [-0.39, 0.29) is 18.2 Å². The quantitative estimate of drug-likeness (QED) is 0.546. The van der Waals surface area contributed by atoms with Crippen LogP contribution in [0, 0.1) is 0 Å². The molecule has 0 bridgehead atoms. The van der Waals surface area contributed by atoms with Gasteiger partial charge in [0.25, 0.3) is 0 Å². The molecule has 2 fully saturated rings. The lowest BCUT2D eigenvalue weighted by molar-refractivity contribution is -0.137. The number of rotatable bonds is 2. The van der Waals surface area contributed by atoms with Crippen LogP contribution in [0.5, 0.6) is 0 Å². The first kappa shape index (κ1) is 12.3. The van der Waals surface area contributed by atoms with Crippen molar-refractivity contribution in [2.24, 2.45) is 0 Å². The second-order valence-electron chi connectivity index (χ2n) is 4.88.